The molecule has 10 unspecified atom stereocenters. The summed E-state index contributed by atoms with van der Waals surface area (Å²) in [5.74, 6) is 12.4. The van der Waals surface area contributed by atoms with Crippen LogP contribution in [0.5, 0.6) is 0 Å². The second-order valence-electron chi connectivity index (χ2n) is 21.2. The van der Waals surface area contributed by atoms with Crippen molar-refractivity contribution in [2.75, 3.05) is 0 Å². The van der Waals surface area contributed by atoms with E-state index in [2.05, 4.69) is 62.6 Å². The van der Waals surface area contributed by atoms with E-state index in [1.54, 1.807) is 44.1 Å². The van der Waals surface area contributed by atoms with Crippen LogP contribution in [0, 0.1) is 106 Å². The average molecular weight is 1100 g/mol. The maximum absolute atomic E-state index is 4.93. The van der Waals surface area contributed by atoms with E-state index in [1.807, 2.05) is 0 Å². The summed E-state index contributed by atoms with van der Waals surface area (Å²) in [4.78, 5) is 0. The van der Waals surface area contributed by atoms with Crippen LogP contribution in [0.2, 0.25) is 0 Å². The summed E-state index contributed by atoms with van der Waals surface area (Å²) in [6, 6.07) is 11.9. The van der Waals surface area contributed by atoms with Crippen LogP contribution in [0.25, 0.3) is 0 Å². The number of rotatable bonds is 11. The summed E-state index contributed by atoms with van der Waals surface area (Å²) >= 11 is -1.65. The molecule has 8 aliphatic rings. The Labute approximate surface area is 430 Å². The molecule has 0 spiro atoms. The van der Waals surface area contributed by atoms with Gasteiger partial charge in [-0.1, -0.05) is 126 Å². The average Bonchev–Trinajstić information content (AvgIpc) is 4.12. The summed E-state index contributed by atoms with van der Waals surface area (Å²) < 4.78 is 0. The van der Waals surface area contributed by atoms with Gasteiger partial charge in [0.25, 0.3) is 0 Å². The van der Waals surface area contributed by atoms with Crippen molar-refractivity contribution in [3.8, 4) is 0 Å². The third-order valence-electron chi connectivity index (χ3n) is 19.1. The van der Waals surface area contributed by atoms with Gasteiger partial charge >= 0.3 is 75.7 Å². The first kappa shape index (κ1) is 60.7. The SMILES string of the molecule is C=CCCC(C)(C1CCCC1)C1C2CCCCC2C2CCCCC21.C=CCCC(c1ccccc1)(C1CCCC1)C1C2CCCCC2C2CCCCC21.[CH3-].[CH3-].[CH3-].[CH3-].[Cl][Zr+2][Cl].[Cl][Zr+2][Cl]. The molecule has 1 aromatic carbocycles. The van der Waals surface area contributed by atoms with Gasteiger partial charge in [-0.15, -0.1) is 13.2 Å². The van der Waals surface area contributed by atoms with E-state index in [0.717, 1.165) is 71.0 Å². The van der Waals surface area contributed by atoms with Crippen LogP contribution >= 0.6 is 34.1 Å². The fraction of sp³-hybridized carbons (Fsp3) is 0.754. The Kier molecular flexibility index (Phi) is 30.0. The Hall–Kier alpha value is 1.63. The van der Waals surface area contributed by atoms with Crippen LogP contribution in [-0.2, 0) is 47.1 Å². The molecule has 0 heterocycles. The van der Waals surface area contributed by atoms with Crippen molar-refractivity contribution < 1.29 is 41.7 Å². The maximum atomic E-state index is 4.93. The van der Waals surface area contributed by atoms with E-state index in [9.17, 15) is 0 Å². The first-order chi connectivity index (χ1) is 28.9. The van der Waals surface area contributed by atoms with Crippen LogP contribution in [0.1, 0.15) is 192 Å². The van der Waals surface area contributed by atoms with Crippen LogP contribution in [0.3, 0.4) is 0 Å². The zero-order valence-corrected chi connectivity index (χ0v) is 49.1. The molecule has 0 aliphatic heterocycles. The predicted molar refractivity (Wildman–Crippen MR) is 277 cm³/mol. The van der Waals surface area contributed by atoms with Gasteiger partial charge in [-0.2, -0.15) is 0 Å². The Morgan fingerprint density at radius 2 is 0.762 bits per heavy atom. The van der Waals surface area contributed by atoms with E-state index in [-0.39, 0.29) is 29.7 Å². The van der Waals surface area contributed by atoms with Crippen LogP contribution in [0.15, 0.2) is 55.6 Å². The summed E-state index contributed by atoms with van der Waals surface area (Å²) in [5, 5.41) is 0. The molecule has 6 heteroatoms. The molecule has 8 saturated carbocycles. The summed E-state index contributed by atoms with van der Waals surface area (Å²) in [5.41, 5.74) is 2.72. The second kappa shape index (κ2) is 31.1. The summed E-state index contributed by atoms with van der Waals surface area (Å²) in [6.45, 7) is 11.0. The number of hydrogen-bond acceptors (Lipinski definition) is 0. The fourth-order valence-electron chi connectivity index (χ4n) is 17.4. The molecular formula is C57H94Cl4Zr2. The van der Waals surface area contributed by atoms with Gasteiger partial charge in [-0.05, 0) is 185 Å². The van der Waals surface area contributed by atoms with E-state index in [0.29, 0.717) is 10.8 Å². The van der Waals surface area contributed by atoms with Gasteiger partial charge in [0.2, 0.25) is 0 Å². The Morgan fingerprint density at radius 1 is 0.460 bits per heavy atom. The molecule has 1 aromatic rings. The standard InChI is InChI=1S/C29H42.C24H40.4CH3.4ClH.2Zr/c1-2-3-21-29(23-15-7-8-16-23,22-13-5-4-6-14-22)28-26-19-11-9-17-24(26)25-18-10-12-20-27(25)28;1-3-4-17-24(2,18-11-5-6-12-18)23-21-15-9-7-13-19(21)20-14-8-10-16-22(20)23;;;;;;;;;;/h2,4-6,13-14,23-28H,1,3,7-12,15-21H2;3,18-23H,1,4-17H2,2H3;4*1H3;4*1H;;/q;;4*-1;;;;;2*+4/p-4. The molecule has 0 N–H and O–H groups in total. The van der Waals surface area contributed by atoms with Gasteiger partial charge in [0.05, 0.1) is 0 Å². The van der Waals surface area contributed by atoms with Crippen molar-refractivity contribution in [1.82, 2.24) is 0 Å². The van der Waals surface area contributed by atoms with Crippen molar-refractivity contribution in [2.24, 2.45) is 76.4 Å². The van der Waals surface area contributed by atoms with Crippen molar-refractivity contribution in [2.45, 2.75) is 192 Å². The van der Waals surface area contributed by atoms with Gasteiger partial charge in [0, 0.05) is 5.41 Å². The number of halogens is 4. The second-order valence-corrected chi connectivity index (χ2v) is 28.6. The molecule has 0 saturated heterocycles. The van der Waals surface area contributed by atoms with Gasteiger partial charge in [-0.25, -0.2) is 0 Å². The number of fused-ring (bicyclic) bond motifs is 6. The van der Waals surface area contributed by atoms with Crippen LogP contribution in [-0.4, -0.2) is 0 Å². The monoisotopic (exact) mass is 1100 g/mol. The van der Waals surface area contributed by atoms with Gasteiger partial charge in [0.1, 0.15) is 0 Å². The van der Waals surface area contributed by atoms with Gasteiger partial charge < -0.3 is 29.7 Å². The molecule has 8 aliphatic carbocycles. The molecule has 63 heavy (non-hydrogen) atoms. The molecule has 0 nitrogen and oxygen atoms in total. The molecule has 9 rings (SSSR count). The Morgan fingerprint density at radius 3 is 1.13 bits per heavy atom. The minimum absolute atomic E-state index is 0. The summed E-state index contributed by atoms with van der Waals surface area (Å²) in [6.07, 6.45) is 46.1. The van der Waals surface area contributed by atoms with E-state index in [1.165, 1.54) is 141 Å². The van der Waals surface area contributed by atoms with Crippen molar-refractivity contribution in [3.05, 3.63) is 90.9 Å². The van der Waals surface area contributed by atoms with Crippen molar-refractivity contribution >= 4 is 34.1 Å². The first-order valence-electron chi connectivity index (χ1n) is 25.1. The van der Waals surface area contributed by atoms with Crippen LogP contribution in [0.4, 0.5) is 0 Å². The van der Waals surface area contributed by atoms with Gasteiger partial charge in [0.15, 0.2) is 0 Å². The number of benzene rings is 1. The molecule has 0 radical (unpaired) electrons. The molecule has 0 bridgehead atoms. The topological polar surface area (TPSA) is 0 Å². The third kappa shape index (κ3) is 13.9. The predicted octanol–water partition coefficient (Wildman–Crippen LogP) is 20.3. The molecule has 358 valence electrons. The normalized spacial score (nSPS) is 33.4. The van der Waals surface area contributed by atoms with Crippen LogP contribution < -0.4 is 0 Å². The van der Waals surface area contributed by atoms with E-state index < -0.39 is 41.7 Å². The van der Waals surface area contributed by atoms with Gasteiger partial charge in [-0.3, -0.25) is 0 Å². The summed E-state index contributed by atoms with van der Waals surface area (Å²) in [7, 11) is 19.7. The number of hydrogen-bond donors (Lipinski definition) is 0. The minimum atomic E-state index is -0.826. The van der Waals surface area contributed by atoms with Crippen molar-refractivity contribution in [1.29, 1.82) is 0 Å². The molecule has 10 atom stereocenters. The molecule has 0 amide bonds. The van der Waals surface area contributed by atoms with E-state index in [4.69, 9.17) is 34.1 Å². The van der Waals surface area contributed by atoms with E-state index >= 15 is 0 Å². The zero-order valence-electron chi connectivity index (χ0n) is 41.2. The third-order valence-corrected chi connectivity index (χ3v) is 19.1. The molecular weight excluding hydrogens is 1010 g/mol. The fourth-order valence-corrected chi connectivity index (χ4v) is 17.4. The molecule has 0 aromatic heterocycles. The Bertz CT molecular complexity index is 1320. The zero-order chi connectivity index (χ0) is 41.7. The number of allylic oxidation sites excluding steroid dienone is 2. The quantitative estimate of drug-likeness (QED) is 0.153. The first-order valence-corrected chi connectivity index (χ1v) is 37.8. The van der Waals surface area contributed by atoms with Crippen molar-refractivity contribution in [3.63, 3.8) is 0 Å². The Balaban J connectivity index is 0.000000369. The molecule has 8 fully saturated rings.